The number of carbonyl (C=O) groups is 1. The second kappa shape index (κ2) is 4.86. The Balaban J connectivity index is 2.97. The highest BCUT2D eigenvalue weighted by Gasteiger charge is 2.22. The van der Waals surface area contributed by atoms with Crippen LogP contribution >= 0.6 is 0 Å². The molecule has 0 radical (unpaired) electrons. The van der Waals surface area contributed by atoms with E-state index in [2.05, 4.69) is 10.3 Å². The molecule has 0 saturated heterocycles. The molecular formula is C10H15N5O3. The number of nitrogens with zero attached hydrogens (tertiary/aromatic N) is 2. The molecule has 0 bridgehead atoms. The highest BCUT2D eigenvalue weighted by molar-refractivity contribution is 5.75. The zero-order valence-electron chi connectivity index (χ0n) is 10.1. The van der Waals surface area contributed by atoms with E-state index in [1.54, 1.807) is 13.8 Å². The Morgan fingerprint density at radius 1 is 1.56 bits per heavy atom. The molecule has 8 nitrogen and oxygen atoms in total. The van der Waals surface area contributed by atoms with Gasteiger partial charge in [0.25, 0.3) is 5.69 Å². The van der Waals surface area contributed by atoms with Crippen molar-refractivity contribution in [1.82, 2.24) is 4.98 Å². The van der Waals surface area contributed by atoms with Gasteiger partial charge in [-0.25, -0.2) is 4.98 Å². The highest BCUT2D eigenvalue weighted by Crippen LogP contribution is 2.22. The minimum absolute atomic E-state index is 0.0292. The van der Waals surface area contributed by atoms with Crippen LogP contribution in [0.3, 0.4) is 0 Å². The molecule has 0 aliphatic rings. The Labute approximate surface area is 104 Å². The predicted molar refractivity (Wildman–Crippen MR) is 66.8 cm³/mol. The molecule has 0 atom stereocenters. The number of nitro groups is 1. The van der Waals surface area contributed by atoms with Crippen LogP contribution in [0.4, 0.5) is 17.3 Å². The number of hydrogen-bond donors (Lipinski definition) is 3. The monoisotopic (exact) mass is 253 g/mol. The van der Waals surface area contributed by atoms with Crippen LogP contribution in [-0.4, -0.2) is 21.4 Å². The van der Waals surface area contributed by atoms with Gasteiger partial charge in [0.15, 0.2) is 0 Å². The van der Waals surface area contributed by atoms with Crippen LogP contribution in [-0.2, 0) is 4.79 Å². The zero-order valence-corrected chi connectivity index (χ0v) is 10.1. The van der Waals surface area contributed by atoms with Crippen molar-refractivity contribution in [3.63, 3.8) is 0 Å². The van der Waals surface area contributed by atoms with Crippen LogP contribution in [0.5, 0.6) is 0 Å². The average Bonchev–Trinajstić information content (AvgIpc) is 2.12. The molecule has 0 aliphatic heterocycles. The first-order valence-electron chi connectivity index (χ1n) is 5.18. The molecule has 0 aliphatic carbocycles. The third-order valence-corrected chi connectivity index (χ3v) is 2.12. The molecule has 0 unspecified atom stereocenters. The van der Waals surface area contributed by atoms with Gasteiger partial charge in [0, 0.05) is 12.0 Å². The maximum absolute atomic E-state index is 10.9. The Morgan fingerprint density at radius 3 is 2.67 bits per heavy atom. The number of anilines is 2. The molecule has 1 aromatic rings. The summed E-state index contributed by atoms with van der Waals surface area (Å²) < 4.78 is 0. The zero-order chi connectivity index (χ0) is 13.9. The molecule has 0 fully saturated rings. The van der Waals surface area contributed by atoms with Crippen molar-refractivity contribution in [3.05, 3.63) is 22.2 Å². The van der Waals surface area contributed by atoms with Gasteiger partial charge in [-0.15, -0.1) is 0 Å². The molecule has 1 amide bonds. The van der Waals surface area contributed by atoms with E-state index in [-0.39, 0.29) is 23.7 Å². The third-order valence-electron chi connectivity index (χ3n) is 2.12. The van der Waals surface area contributed by atoms with Crippen molar-refractivity contribution >= 4 is 23.2 Å². The lowest BCUT2D eigenvalue weighted by atomic mass is 10.0. The Morgan fingerprint density at radius 2 is 2.17 bits per heavy atom. The molecule has 1 heterocycles. The predicted octanol–water partition coefficient (Wildman–Crippen LogP) is 0.638. The highest BCUT2D eigenvalue weighted by atomic mass is 16.6. The van der Waals surface area contributed by atoms with Crippen molar-refractivity contribution in [2.24, 2.45) is 5.73 Å². The first-order chi connectivity index (χ1) is 8.19. The minimum Gasteiger partial charge on any atom is -0.383 e. The van der Waals surface area contributed by atoms with Crippen molar-refractivity contribution in [3.8, 4) is 0 Å². The average molecular weight is 253 g/mol. The molecule has 5 N–H and O–H groups in total. The molecule has 0 spiro atoms. The fourth-order valence-electron chi connectivity index (χ4n) is 1.53. The first kappa shape index (κ1) is 13.7. The van der Waals surface area contributed by atoms with Gasteiger partial charge in [0.05, 0.1) is 17.1 Å². The van der Waals surface area contributed by atoms with Crippen LogP contribution in [0.15, 0.2) is 12.1 Å². The van der Waals surface area contributed by atoms with E-state index in [0.717, 1.165) is 6.07 Å². The van der Waals surface area contributed by atoms with Gasteiger partial charge < -0.3 is 16.8 Å². The lowest BCUT2D eigenvalue weighted by molar-refractivity contribution is -0.384. The maximum atomic E-state index is 10.9. The van der Waals surface area contributed by atoms with Gasteiger partial charge in [-0.1, -0.05) is 0 Å². The van der Waals surface area contributed by atoms with E-state index in [1.807, 2.05) is 0 Å². The van der Waals surface area contributed by atoms with Crippen molar-refractivity contribution in [2.75, 3.05) is 11.1 Å². The summed E-state index contributed by atoms with van der Waals surface area (Å²) in [6, 6.07) is 2.41. The van der Waals surface area contributed by atoms with Crippen molar-refractivity contribution in [2.45, 2.75) is 25.8 Å². The Kier molecular flexibility index (Phi) is 3.70. The summed E-state index contributed by atoms with van der Waals surface area (Å²) in [5.74, 6) is -0.222. The van der Waals surface area contributed by atoms with E-state index in [1.165, 1.54) is 6.07 Å². The Hall–Kier alpha value is -2.38. The second-order valence-corrected chi connectivity index (χ2v) is 4.54. The summed E-state index contributed by atoms with van der Waals surface area (Å²) in [6.45, 7) is 3.46. The van der Waals surface area contributed by atoms with E-state index in [0.29, 0.717) is 0 Å². The molecule has 8 heteroatoms. The maximum Gasteiger partial charge on any atom is 0.276 e. The number of amides is 1. The fraction of sp³-hybridized carbons (Fsp3) is 0.400. The number of aromatic nitrogens is 1. The van der Waals surface area contributed by atoms with Crippen LogP contribution < -0.4 is 16.8 Å². The summed E-state index contributed by atoms with van der Waals surface area (Å²) in [6.07, 6.45) is 0.0667. The smallest absolute Gasteiger partial charge is 0.276 e. The molecule has 0 aromatic carbocycles. The number of nitrogens with one attached hydrogen (secondary N) is 1. The number of carbonyl (C=O) groups excluding carboxylic acids is 1. The topological polar surface area (TPSA) is 137 Å². The van der Waals surface area contributed by atoms with Crippen LogP contribution in [0.25, 0.3) is 0 Å². The van der Waals surface area contributed by atoms with Gasteiger partial charge in [0.2, 0.25) is 5.91 Å². The summed E-state index contributed by atoms with van der Waals surface area (Å²) >= 11 is 0. The summed E-state index contributed by atoms with van der Waals surface area (Å²) in [4.78, 5) is 24.9. The van der Waals surface area contributed by atoms with E-state index in [4.69, 9.17) is 11.5 Å². The molecule has 98 valence electrons. The summed E-state index contributed by atoms with van der Waals surface area (Å²) in [5, 5.41) is 13.6. The lowest BCUT2D eigenvalue weighted by Gasteiger charge is -2.25. The Bertz CT molecular complexity index is 486. The largest absolute Gasteiger partial charge is 0.383 e. The van der Waals surface area contributed by atoms with Gasteiger partial charge in [-0.2, -0.15) is 0 Å². The first-order valence-corrected chi connectivity index (χ1v) is 5.18. The number of hydrogen-bond acceptors (Lipinski definition) is 6. The van der Waals surface area contributed by atoms with E-state index in [9.17, 15) is 14.9 Å². The van der Waals surface area contributed by atoms with Gasteiger partial charge in [-0.3, -0.25) is 14.9 Å². The summed E-state index contributed by atoms with van der Waals surface area (Å²) in [5.41, 5.74) is 9.75. The van der Waals surface area contributed by atoms with Crippen LogP contribution in [0.2, 0.25) is 0 Å². The number of rotatable bonds is 5. The number of nitrogen functional groups attached to an aromatic ring is 1. The van der Waals surface area contributed by atoms with Crippen LogP contribution in [0.1, 0.15) is 20.3 Å². The summed E-state index contributed by atoms with van der Waals surface area (Å²) in [7, 11) is 0. The number of nitrogens with two attached hydrogens (primary N) is 2. The third kappa shape index (κ3) is 3.89. The van der Waals surface area contributed by atoms with Crippen molar-refractivity contribution < 1.29 is 9.72 Å². The van der Waals surface area contributed by atoms with Gasteiger partial charge in [-0.05, 0) is 13.8 Å². The standard InChI is InChI=1S/C10H15N5O3/c1-10(2,5-8(12)16)14-9-4-6(15(17)18)3-7(11)13-9/h3-4H,5H2,1-2H3,(H2,12,16)(H3,11,13,14). The molecule has 1 rings (SSSR count). The van der Waals surface area contributed by atoms with Crippen molar-refractivity contribution in [1.29, 1.82) is 0 Å². The molecule has 0 saturated carbocycles. The minimum atomic E-state index is -0.666. The van der Waals surface area contributed by atoms with Crippen LogP contribution in [0, 0.1) is 10.1 Å². The fourth-order valence-corrected chi connectivity index (χ4v) is 1.53. The lowest BCUT2D eigenvalue weighted by Crippen LogP contribution is -2.36. The number of pyridine rings is 1. The second-order valence-electron chi connectivity index (χ2n) is 4.54. The molecular weight excluding hydrogens is 238 g/mol. The van der Waals surface area contributed by atoms with Gasteiger partial charge >= 0.3 is 0 Å². The van der Waals surface area contributed by atoms with Gasteiger partial charge in [0.1, 0.15) is 11.6 Å². The number of primary amides is 1. The SMILES string of the molecule is CC(C)(CC(N)=O)Nc1cc([N+](=O)[O-])cc(N)n1. The van der Waals surface area contributed by atoms with E-state index >= 15 is 0 Å². The quantitative estimate of drug-likeness (QED) is 0.520. The van der Waals surface area contributed by atoms with E-state index < -0.39 is 16.4 Å². The molecule has 1 aromatic heterocycles. The molecule has 18 heavy (non-hydrogen) atoms. The normalized spacial score (nSPS) is 11.0.